The molecule has 104 valence electrons. The molecule has 0 unspecified atom stereocenters. The fourth-order valence-corrected chi connectivity index (χ4v) is 2.28. The fraction of sp³-hybridized carbons (Fsp3) is 0.562. The molecule has 0 saturated heterocycles. The normalized spacial score (nSPS) is 16.4. The molecule has 1 fully saturated rings. The summed E-state index contributed by atoms with van der Waals surface area (Å²) in [6.07, 6.45) is 3.30. The van der Waals surface area contributed by atoms with Gasteiger partial charge in [0.2, 0.25) is 0 Å². The van der Waals surface area contributed by atoms with E-state index in [1.54, 1.807) is 0 Å². The van der Waals surface area contributed by atoms with Crippen LogP contribution >= 0.6 is 0 Å². The van der Waals surface area contributed by atoms with Gasteiger partial charge in [-0.3, -0.25) is 9.69 Å². The molecular formula is C16H23NO2. The number of aryl methyl sites for hydroxylation is 1. The fourth-order valence-electron chi connectivity index (χ4n) is 2.28. The van der Waals surface area contributed by atoms with Crippen LogP contribution in [0.15, 0.2) is 24.3 Å². The lowest BCUT2D eigenvalue weighted by atomic mass is 9.95. The lowest BCUT2D eigenvalue weighted by molar-refractivity contribution is -0.145. The summed E-state index contributed by atoms with van der Waals surface area (Å²) in [6, 6.07) is 8.73. The molecule has 1 aromatic rings. The van der Waals surface area contributed by atoms with Gasteiger partial charge in [0, 0.05) is 5.41 Å². The number of likely N-dealkylation sites (N-methyl/N-ethyl adjacent to an activating group) is 1. The topological polar surface area (TPSA) is 29.5 Å². The lowest BCUT2D eigenvalue weighted by Crippen LogP contribution is -2.27. The van der Waals surface area contributed by atoms with Crippen LogP contribution in [-0.2, 0) is 21.4 Å². The Labute approximate surface area is 115 Å². The van der Waals surface area contributed by atoms with Gasteiger partial charge in [-0.2, -0.15) is 0 Å². The summed E-state index contributed by atoms with van der Waals surface area (Å²) in [5, 5.41) is 0. The van der Waals surface area contributed by atoms with E-state index in [2.05, 4.69) is 31.2 Å². The Bertz CT molecular complexity index is 433. The largest absolute Gasteiger partial charge is 0.464 e. The molecule has 1 aromatic carbocycles. The molecule has 3 nitrogen and oxygen atoms in total. The van der Waals surface area contributed by atoms with Crippen molar-refractivity contribution in [3.8, 4) is 0 Å². The second kappa shape index (κ2) is 5.74. The van der Waals surface area contributed by atoms with Crippen LogP contribution < -0.4 is 0 Å². The summed E-state index contributed by atoms with van der Waals surface area (Å²) in [6.45, 7) is 3.03. The first-order chi connectivity index (χ1) is 9.05. The number of benzene rings is 1. The zero-order valence-corrected chi connectivity index (χ0v) is 12.1. The van der Waals surface area contributed by atoms with Crippen LogP contribution in [0.4, 0.5) is 0 Å². The highest BCUT2D eigenvalue weighted by atomic mass is 16.5. The Morgan fingerprint density at radius 3 is 2.37 bits per heavy atom. The predicted molar refractivity (Wildman–Crippen MR) is 76.2 cm³/mol. The standard InChI is InChI=1S/C16H23NO2/c1-4-13-5-7-14(8-6-13)16(9-10-16)12-19-15(18)11-17(2)3/h5-8H,4,9-12H2,1-3H3. The van der Waals surface area contributed by atoms with E-state index in [4.69, 9.17) is 4.74 Å². The number of carbonyl (C=O) groups excluding carboxylic acids is 1. The van der Waals surface area contributed by atoms with Crippen LogP contribution in [0.3, 0.4) is 0 Å². The number of rotatable bonds is 6. The van der Waals surface area contributed by atoms with Crippen LogP contribution in [0.2, 0.25) is 0 Å². The maximum atomic E-state index is 11.6. The van der Waals surface area contributed by atoms with E-state index < -0.39 is 0 Å². The molecule has 0 spiro atoms. The highest BCUT2D eigenvalue weighted by molar-refractivity contribution is 5.71. The molecule has 0 atom stereocenters. The second-order valence-corrected chi connectivity index (χ2v) is 5.73. The van der Waals surface area contributed by atoms with Gasteiger partial charge in [0.25, 0.3) is 0 Å². The Balaban J connectivity index is 1.93. The van der Waals surface area contributed by atoms with E-state index in [-0.39, 0.29) is 11.4 Å². The molecule has 1 aliphatic rings. The molecule has 0 radical (unpaired) electrons. The monoisotopic (exact) mass is 261 g/mol. The number of esters is 1. The zero-order chi connectivity index (χ0) is 13.9. The van der Waals surface area contributed by atoms with Gasteiger partial charge >= 0.3 is 5.97 Å². The minimum Gasteiger partial charge on any atom is -0.464 e. The highest BCUT2D eigenvalue weighted by Crippen LogP contribution is 2.48. The van der Waals surface area contributed by atoms with Crippen molar-refractivity contribution < 1.29 is 9.53 Å². The van der Waals surface area contributed by atoms with E-state index >= 15 is 0 Å². The molecule has 0 N–H and O–H groups in total. The summed E-state index contributed by atoms with van der Waals surface area (Å²) < 4.78 is 5.41. The van der Waals surface area contributed by atoms with Gasteiger partial charge in [-0.25, -0.2) is 0 Å². The van der Waals surface area contributed by atoms with Gasteiger partial charge in [0.15, 0.2) is 0 Å². The first-order valence-corrected chi connectivity index (χ1v) is 6.95. The molecular weight excluding hydrogens is 238 g/mol. The molecule has 3 heteroatoms. The third kappa shape index (κ3) is 3.57. The smallest absolute Gasteiger partial charge is 0.320 e. The first-order valence-electron chi connectivity index (χ1n) is 6.95. The van der Waals surface area contributed by atoms with Crippen molar-refractivity contribution in [2.24, 2.45) is 0 Å². The van der Waals surface area contributed by atoms with Crippen molar-refractivity contribution >= 4 is 5.97 Å². The maximum Gasteiger partial charge on any atom is 0.320 e. The number of hydrogen-bond donors (Lipinski definition) is 0. The molecule has 0 aromatic heterocycles. The molecule has 0 heterocycles. The van der Waals surface area contributed by atoms with Crippen LogP contribution in [-0.4, -0.2) is 38.1 Å². The van der Waals surface area contributed by atoms with E-state index in [1.165, 1.54) is 11.1 Å². The second-order valence-electron chi connectivity index (χ2n) is 5.73. The van der Waals surface area contributed by atoms with Crippen molar-refractivity contribution in [1.29, 1.82) is 0 Å². The van der Waals surface area contributed by atoms with E-state index in [0.29, 0.717) is 13.2 Å². The number of nitrogens with zero attached hydrogens (tertiary/aromatic N) is 1. The minimum atomic E-state index is -0.138. The Morgan fingerprint density at radius 1 is 1.26 bits per heavy atom. The molecule has 0 aliphatic heterocycles. The van der Waals surface area contributed by atoms with Crippen molar-refractivity contribution in [2.75, 3.05) is 27.2 Å². The van der Waals surface area contributed by atoms with Gasteiger partial charge < -0.3 is 4.74 Å². The van der Waals surface area contributed by atoms with Crippen LogP contribution in [0.5, 0.6) is 0 Å². The lowest BCUT2D eigenvalue weighted by Gasteiger charge is -2.17. The Morgan fingerprint density at radius 2 is 1.89 bits per heavy atom. The number of ether oxygens (including phenoxy) is 1. The van der Waals surface area contributed by atoms with Crippen molar-refractivity contribution in [1.82, 2.24) is 4.90 Å². The molecule has 19 heavy (non-hydrogen) atoms. The zero-order valence-electron chi connectivity index (χ0n) is 12.1. The van der Waals surface area contributed by atoms with E-state index in [1.807, 2.05) is 19.0 Å². The van der Waals surface area contributed by atoms with Crippen LogP contribution in [0.1, 0.15) is 30.9 Å². The highest BCUT2D eigenvalue weighted by Gasteiger charge is 2.45. The third-order valence-corrected chi connectivity index (χ3v) is 3.78. The predicted octanol–water partition coefficient (Wildman–Crippen LogP) is 2.39. The van der Waals surface area contributed by atoms with Crippen molar-refractivity contribution in [3.05, 3.63) is 35.4 Å². The summed E-state index contributed by atoms with van der Waals surface area (Å²) in [5.41, 5.74) is 2.75. The molecule has 0 amide bonds. The molecule has 1 saturated carbocycles. The van der Waals surface area contributed by atoms with E-state index in [0.717, 1.165) is 19.3 Å². The number of hydrogen-bond acceptors (Lipinski definition) is 3. The molecule has 2 rings (SSSR count). The van der Waals surface area contributed by atoms with Crippen molar-refractivity contribution in [2.45, 2.75) is 31.6 Å². The molecule has 0 bridgehead atoms. The first kappa shape index (κ1) is 14.1. The molecule has 1 aliphatic carbocycles. The van der Waals surface area contributed by atoms with Crippen molar-refractivity contribution in [3.63, 3.8) is 0 Å². The van der Waals surface area contributed by atoms with Gasteiger partial charge in [0.1, 0.15) is 6.61 Å². The summed E-state index contributed by atoms with van der Waals surface area (Å²) in [7, 11) is 3.75. The summed E-state index contributed by atoms with van der Waals surface area (Å²) in [5.74, 6) is -0.138. The quantitative estimate of drug-likeness (QED) is 0.736. The SMILES string of the molecule is CCc1ccc(C2(COC(=O)CN(C)C)CC2)cc1. The summed E-state index contributed by atoms with van der Waals surface area (Å²) >= 11 is 0. The van der Waals surface area contributed by atoms with Crippen LogP contribution in [0.25, 0.3) is 0 Å². The Hall–Kier alpha value is -1.35. The average Bonchev–Trinajstić information content (AvgIpc) is 3.17. The van der Waals surface area contributed by atoms with Gasteiger partial charge in [-0.05, 0) is 44.5 Å². The minimum absolute atomic E-state index is 0.0915. The van der Waals surface area contributed by atoms with Gasteiger partial charge in [-0.15, -0.1) is 0 Å². The average molecular weight is 261 g/mol. The van der Waals surface area contributed by atoms with Crippen LogP contribution in [0, 0.1) is 0 Å². The Kier molecular flexibility index (Phi) is 4.25. The summed E-state index contributed by atoms with van der Waals surface area (Å²) in [4.78, 5) is 13.4. The third-order valence-electron chi connectivity index (χ3n) is 3.78. The van der Waals surface area contributed by atoms with Gasteiger partial charge in [-0.1, -0.05) is 31.2 Å². The van der Waals surface area contributed by atoms with E-state index in [9.17, 15) is 4.79 Å². The maximum absolute atomic E-state index is 11.6. The van der Waals surface area contributed by atoms with Gasteiger partial charge in [0.05, 0.1) is 6.54 Å². The number of carbonyl (C=O) groups is 1.